The smallest absolute Gasteiger partial charge is 0.253 e. The summed E-state index contributed by atoms with van der Waals surface area (Å²) >= 11 is 2.07. The number of carbonyl (C=O) groups is 3. The van der Waals surface area contributed by atoms with Gasteiger partial charge in [-0.25, -0.2) is 13.6 Å². The first-order valence-electron chi connectivity index (χ1n) is 10.6. The number of nitrogen functional groups attached to an aromatic ring is 1. The number of hydrogen-bond donors (Lipinski definition) is 5. The van der Waals surface area contributed by atoms with Gasteiger partial charge in [0.2, 0.25) is 15.9 Å². The fourth-order valence-corrected chi connectivity index (χ4v) is 4.77. The molecule has 0 spiro atoms. The zero-order chi connectivity index (χ0) is 24.9. The summed E-state index contributed by atoms with van der Waals surface area (Å²) in [7, 11) is -3.85. The number of sulfonamides is 1. The fraction of sp³-hybridized carbons (Fsp3) is 0.318. The first kappa shape index (κ1) is 25.9. The van der Waals surface area contributed by atoms with Gasteiger partial charge in [0.1, 0.15) is 0 Å². The first-order valence-corrected chi connectivity index (χ1v) is 13.2. The molecule has 12 heteroatoms. The summed E-state index contributed by atoms with van der Waals surface area (Å²) in [4.78, 5) is 37.5. The second-order valence-electron chi connectivity index (χ2n) is 8.02. The van der Waals surface area contributed by atoms with Crippen molar-refractivity contribution in [1.82, 2.24) is 16.0 Å². The molecule has 3 rings (SSSR count). The lowest BCUT2D eigenvalue weighted by molar-refractivity contribution is -0.121. The lowest BCUT2D eigenvalue weighted by Crippen LogP contribution is -2.54. The van der Waals surface area contributed by atoms with Gasteiger partial charge in [0.05, 0.1) is 17.0 Å². The number of hydrogen-bond acceptors (Lipinski definition) is 6. The van der Waals surface area contributed by atoms with Crippen LogP contribution in [0.1, 0.15) is 46.4 Å². The molecule has 10 nitrogen and oxygen atoms in total. The molecular formula is C22H26IN5O5S. The molecule has 0 aliphatic heterocycles. The highest BCUT2D eigenvalue weighted by molar-refractivity contribution is 14.1. The van der Waals surface area contributed by atoms with Gasteiger partial charge < -0.3 is 21.7 Å². The summed E-state index contributed by atoms with van der Waals surface area (Å²) in [6.45, 7) is -0.226. The van der Waals surface area contributed by atoms with Crippen molar-refractivity contribution in [2.75, 3.05) is 12.3 Å². The number of anilines is 1. The summed E-state index contributed by atoms with van der Waals surface area (Å²) in [6, 6.07) is 9.78. The highest BCUT2D eigenvalue weighted by Crippen LogP contribution is 2.20. The van der Waals surface area contributed by atoms with Gasteiger partial charge in [-0.2, -0.15) is 0 Å². The van der Waals surface area contributed by atoms with Crippen LogP contribution in [0.4, 0.5) is 5.69 Å². The largest absolute Gasteiger partial charge is 0.398 e. The Labute approximate surface area is 211 Å². The van der Waals surface area contributed by atoms with Crippen LogP contribution in [0.25, 0.3) is 0 Å². The number of carbonyl (C=O) groups excluding carboxylic acids is 3. The lowest BCUT2D eigenvalue weighted by Gasteiger charge is -2.33. The highest BCUT2D eigenvalue weighted by atomic mass is 127. The molecule has 0 saturated heterocycles. The zero-order valence-corrected chi connectivity index (χ0v) is 21.2. The van der Waals surface area contributed by atoms with Crippen molar-refractivity contribution in [2.45, 2.75) is 42.7 Å². The number of rotatable bonds is 7. The average molecular weight is 599 g/mol. The van der Waals surface area contributed by atoms with Crippen LogP contribution in [-0.2, 0) is 14.8 Å². The van der Waals surface area contributed by atoms with Crippen LogP contribution in [0.15, 0.2) is 47.4 Å². The van der Waals surface area contributed by atoms with Crippen LogP contribution >= 0.6 is 22.6 Å². The third-order valence-corrected chi connectivity index (χ3v) is 7.14. The molecule has 1 aliphatic rings. The molecule has 2 atom stereocenters. The predicted molar refractivity (Wildman–Crippen MR) is 135 cm³/mol. The Bertz CT molecular complexity index is 1190. The molecule has 1 saturated carbocycles. The van der Waals surface area contributed by atoms with E-state index in [1.807, 2.05) is 0 Å². The normalized spacial score (nSPS) is 18.1. The quantitative estimate of drug-likeness (QED) is 0.236. The third-order valence-electron chi connectivity index (χ3n) is 5.54. The van der Waals surface area contributed by atoms with Crippen molar-refractivity contribution >= 4 is 56.0 Å². The van der Waals surface area contributed by atoms with E-state index in [1.165, 1.54) is 24.3 Å². The maximum atomic E-state index is 12.7. The third kappa shape index (κ3) is 6.90. The molecular weight excluding hydrogens is 573 g/mol. The maximum Gasteiger partial charge on any atom is 0.253 e. The predicted octanol–water partition coefficient (Wildman–Crippen LogP) is 1.11. The topological polar surface area (TPSA) is 173 Å². The van der Waals surface area contributed by atoms with Gasteiger partial charge in [-0.05, 0) is 77.9 Å². The zero-order valence-electron chi connectivity index (χ0n) is 18.2. The average Bonchev–Trinajstić information content (AvgIpc) is 2.80. The molecule has 0 aromatic heterocycles. The van der Waals surface area contributed by atoms with Crippen molar-refractivity contribution in [3.8, 4) is 0 Å². The van der Waals surface area contributed by atoms with Gasteiger partial charge in [-0.3, -0.25) is 14.4 Å². The molecule has 0 bridgehead atoms. The number of benzene rings is 2. The Hall–Kier alpha value is -2.71. The minimum absolute atomic E-state index is 0.0825. The molecule has 0 heterocycles. The number of nitrogens with one attached hydrogen (secondary N) is 3. The molecule has 1 aliphatic carbocycles. The molecule has 3 amide bonds. The van der Waals surface area contributed by atoms with Gasteiger partial charge >= 0.3 is 0 Å². The Morgan fingerprint density at radius 1 is 0.941 bits per heavy atom. The molecule has 0 radical (unpaired) electrons. The number of nitrogens with two attached hydrogens (primary N) is 2. The molecule has 34 heavy (non-hydrogen) atoms. The van der Waals surface area contributed by atoms with E-state index in [0.717, 1.165) is 16.4 Å². The van der Waals surface area contributed by atoms with Crippen molar-refractivity contribution in [2.24, 2.45) is 5.14 Å². The maximum absolute atomic E-state index is 12.7. The number of amides is 3. The van der Waals surface area contributed by atoms with E-state index in [1.54, 1.807) is 18.2 Å². The Morgan fingerprint density at radius 2 is 1.56 bits per heavy atom. The van der Waals surface area contributed by atoms with Crippen LogP contribution in [0.2, 0.25) is 0 Å². The molecule has 0 unspecified atom stereocenters. The summed E-state index contributed by atoms with van der Waals surface area (Å²) in [6.07, 6.45) is 3.14. The van der Waals surface area contributed by atoms with Gasteiger partial charge in [0, 0.05) is 26.9 Å². The fourth-order valence-electron chi connectivity index (χ4n) is 3.76. The first-order chi connectivity index (χ1) is 16.0. The summed E-state index contributed by atoms with van der Waals surface area (Å²) in [5.41, 5.74) is 6.76. The summed E-state index contributed by atoms with van der Waals surface area (Å²) in [5.74, 6) is -1.20. The molecule has 2 aromatic rings. The van der Waals surface area contributed by atoms with Crippen molar-refractivity contribution < 1.29 is 22.8 Å². The van der Waals surface area contributed by atoms with Crippen LogP contribution in [-0.4, -0.2) is 44.8 Å². The summed E-state index contributed by atoms with van der Waals surface area (Å²) in [5, 5.41) is 13.5. The minimum Gasteiger partial charge on any atom is -0.398 e. The van der Waals surface area contributed by atoms with Gasteiger partial charge in [-0.1, -0.05) is 12.8 Å². The standard InChI is InChI=1S/C22H26IN5O5S/c23-14-7-10-17(24)16(11-14)22(31)26-12-20(29)27-18-3-1-2-4-19(18)28-21(30)13-5-8-15(9-6-13)34(25,32)33/h5-11,18-19H,1-4,12,24H2,(H,26,31)(H,27,29)(H,28,30)(H2,25,32,33)/t18-,19+/m1/s1. The second-order valence-corrected chi connectivity index (χ2v) is 10.8. The Morgan fingerprint density at radius 3 is 2.18 bits per heavy atom. The van der Waals surface area contributed by atoms with Gasteiger partial charge in [0.15, 0.2) is 0 Å². The molecule has 182 valence electrons. The monoisotopic (exact) mass is 599 g/mol. The van der Waals surface area contributed by atoms with E-state index >= 15 is 0 Å². The van der Waals surface area contributed by atoms with Crippen molar-refractivity contribution in [3.05, 3.63) is 57.2 Å². The van der Waals surface area contributed by atoms with E-state index in [4.69, 9.17) is 10.9 Å². The van der Waals surface area contributed by atoms with Gasteiger partial charge in [-0.15, -0.1) is 0 Å². The van der Waals surface area contributed by atoms with Crippen molar-refractivity contribution in [1.29, 1.82) is 0 Å². The molecule has 7 N–H and O–H groups in total. The Balaban J connectivity index is 1.57. The SMILES string of the molecule is Nc1ccc(I)cc1C(=O)NCC(=O)N[C@@H]1CCCC[C@@H]1NC(=O)c1ccc(S(N)(=O)=O)cc1. The summed E-state index contributed by atoms with van der Waals surface area (Å²) < 4.78 is 23.6. The van der Waals surface area contributed by atoms with Crippen molar-refractivity contribution in [3.63, 3.8) is 0 Å². The van der Waals surface area contributed by atoms with E-state index in [2.05, 4.69) is 38.5 Å². The van der Waals surface area contributed by atoms with Crippen LogP contribution < -0.4 is 26.8 Å². The molecule has 2 aromatic carbocycles. The van der Waals surface area contributed by atoms with E-state index in [9.17, 15) is 22.8 Å². The Kier molecular flexibility index (Phi) is 8.49. The lowest BCUT2D eigenvalue weighted by atomic mass is 9.90. The van der Waals surface area contributed by atoms with Crippen LogP contribution in [0, 0.1) is 3.57 Å². The second kappa shape index (κ2) is 11.1. The molecule has 1 fully saturated rings. The van der Waals surface area contributed by atoms with Crippen LogP contribution in [0.3, 0.4) is 0 Å². The number of halogens is 1. The highest BCUT2D eigenvalue weighted by Gasteiger charge is 2.28. The van der Waals surface area contributed by atoms with Crippen LogP contribution in [0.5, 0.6) is 0 Å². The van der Waals surface area contributed by atoms with Gasteiger partial charge in [0.25, 0.3) is 11.8 Å². The van der Waals surface area contributed by atoms with E-state index < -0.39 is 15.9 Å². The number of primary sulfonamides is 1. The minimum atomic E-state index is -3.85. The van der Waals surface area contributed by atoms with E-state index in [0.29, 0.717) is 24.1 Å². The van der Waals surface area contributed by atoms with E-state index in [-0.39, 0.29) is 40.9 Å².